The van der Waals surface area contributed by atoms with Crippen molar-refractivity contribution >= 4 is 0 Å². The first-order valence-electron chi connectivity index (χ1n) is 7.37. The zero-order chi connectivity index (χ0) is 15.1. The van der Waals surface area contributed by atoms with Crippen LogP contribution in [0.4, 0.5) is 0 Å². The zero-order valence-electron chi connectivity index (χ0n) is 13.0. The van der Waals surface area contributed by atoms with Gasteiger partial charge in [-0.15, -0.1) is 0 Å². The van der Waals surface area contributed by atoms with Crippen LogP contribution in [0, 0.1) is 6.92 Å². The monoisotopic (exact) mass is 285 g/mol. The fourth-order valence-corrected chi connectivity index (χ4v) is 1.98. The molecule has 4 nitrogen and oxygen atoms in total. The van der Waals surface area contributed by atoms with Crippen LogP contribution in [0.3, 0.4) is 0 Å². The Morgan fingerprint density at radius 1 is 1.24 bits per heavy atom. The molecule has 0 radical (unpaired) electrons. The number of nitrogens with zero attached hydrogens (tertiary/aromatic N) is 2. The lowest BCUT2D eigenvalue weighted by atomic mass is 10.2. The van der Waals surface area contributed by atoms with Gasteiger partial charge in [-0.3, -0.25) is 9.97 Å². The Morgan fingerprint density at radius 3 is 2.81 bits per heavy atom. The van der Waals surface area contributed by atoms with Crippen molar-refractivity contribution in [2.45, 2.75) is 39.8 Å². The van der Waals surface area contributed by atoms with Crippen LogP contribution in [0.1, 0.15) is 30.8 Å². The maximum absolute atomic E-state index is 5.90. The lowest BCUT2D eigenvalue weighted by Gasteiger charge is -2.13. The van der Waals surface area contributed by atoms with Crippen LogP contribution < -0.4 is 10.1 Å². The number of pyridine rings is 2. The Labute approximate surface area is 126 Å². The number of aryl methyl sites for hydroxylation is 1. The van der Waals surface area contributed by atoms with Gasteiger partial charge >= 0.3 is 0 Å². The molecule has 0 bridgehead atoms. The maximum atomic E-state index is 5.90. The topological polar surface area (TPSA) is 47.0 Å². The first-order chi connectivity index (χ1) is 10.1. The highest BCUT2D eigenvalue weighted by molar-refractivity contribution is 5.29. The van der Waals surface area contributed by atoms with Crippen LogP contribution in [-0.2, 0) is 13.0 Å². The van der Waals surface area contributed by atoms with Crippen molar-refractivity contribution in [1.29, 1.82) is 0 Å². The molecule has 4 heteroatoms. The maximum Gasteiger partial charge on any atom is 0.142 e. The predicted molar refractivity (Wildman–Crippen MR) is 84.4 cm³/mol. The summed E-state index contributed by atoms with van der Waals surface area (Å²) in [6.45, 7) is 7.60. The molecule has 0 unspecified atom stereocenters. The van der Waals surface area contributed by atoms with Crippen molar-refractivity contribution in [3.8, 4) is 5.75 Å². The molecule has 0 aliphatic heterocycles. The molecular weight excluding hydrogens is 262 g/mol. The summed E-state index contributed by atoms with van der Waals surface area (Å²) in [4.78, 5) is 8.68. The van der Waals surface area contributed by atoms with Gasteiger partial charge in [0.05, 0.1) is 12.3 Å². The first-order valence-corrected chi connectivity index (χ1v) is 7.37. The van der Waals surface area contributed by atoms with E-state index in [1.54, 1.807) is 6.20 Å². The van der Waals surface area contributed by atoms with E-state index in [4.69, 9.17) is 4.74 Å². The van der Waals surface area contributed by atoms with Crippen molar-refractivity contribution in [1.82, 2.24) is 15.3 Å². The number of rotatable bonds is 7. The molecule has 112 valence electrons. The van der Waals surface area contributed by atoms with E-state index >= 15 is 0 Å². The van der Waals surface area contributed by atoms with E-state index in [0.717, 1.165) is 30.1 Å². The molecule has 0 saturated carbocycles. The van der Waals surface area contributed by atoms with Crippen molar-refractivity contribution < 1.29 is 4.74 Å². The third-order valence-electron chi connectivity index (χ3n) is 3.12. The van der Waals surface area contributed by atoms with Gasteiger partial charge in [-0.2, -0.15) is 0 Å². The summed E-state index contributed by atoms with van der Waals surface area (Å²) in [5.41, 5.74) is 3.16. The number of hydrogen-bond donors (Lipinski definition) is 1. The molecular formula is C17H23N3O. The first kappa shape index (κ1) is 15.4. The largest absolute Gasteiger partial charge is 0.491 e. The average molecular weight is 285 g/mol. The Hall–Kier alpha value is -1.94. The Balaban J connectivity index is 1.95. The van der Waals surface area contributed by atoms with E-state index in [1.165, 1.54) is 5.56 Å². The predicted octanol–water partition coefficient (Wildman–Crippen LogP) is 2.90. The third kappa shape index (κ3) is 5.16. The summed E-state index contributed by atoms with van der Waals surface area (Å²) in [5.74, 6) is 0.859. The van der Waals surface area contributed by atoms with Crippen LogP contribution in [0.2, 0.25) is 0 Å². The number of ether oxygens (including phenoxy) is 1. The van der Waals surface area contributed by atoms with E-state index < -0.39 is 0 Å². The molecule has 0 amide bonds. The summed E-state index contributed by atoms with van der Waals surface area (Å²) in [6.07, 6.45) is 4.50. The molecule has 2 heterocycles. The zero-order valence-corrected chi connectivity index (χ0v) is 13.0. The minimum Gasteiger partial charge on any atom is -0.491 e. The van der Waals surface area contributed by atoms with Gasteiger partial charge in [-0.25, -0.2) is 0 Å². The molecule has 0 saturated heterocycles. The Bertz CT molecular complexity index is 555. The minimum atomic E-state index is 0.426. The number of nitrogens with one attached hydrogen (secondary N) is 1. The highest BCUT2D eigenvalue weighted by atomic mass is 16.5. The second kappa shape index (κ2) is 7.74. The van der Waals surface area contributed by atoms with Gasteiger partial charge in [0.1, 0.15) is 5.75 Å². The van der Waals surface area contributed by atoms with Crippen LogP contribution in [0.5, 0.6) is 5.75 Å². The molecule has 0 fully saturated rings. The third-order valence-corrected chi connectivity index (χ3v) is 3.12. The molecule has 0 aromatic carbocycles. The molecule has 0 spiro atoms. The summed E-state index contributed by atoms with van der Waals surface area (Å²) in [5, 5.41) is 3.38. The van der Waals surface area contributed by atoms with E-state index in [0.29, 0.717) is 12.6 Å². The standard InChI is InChI=1S/C17H23N3O/c1-13(2)19-12-16-17(7-6-14(3)20-16)21-10-8-15-5-4-9-18-11-15/h4-7,9,11,13,19H,8,10,12H2,1-3H3. The average Bonchev–Trinajstić information content (AvgIpc) is 2.48. The smallest absolute Gasteiger partial charge is 0.142 e. The van der Waals surface area contributed by atoms with Crippen molar-refractivity contribution in [3.05, 3.63) is 53.6 Å². The fraction of sp³-hybridized carbons (Fsp3) is 0.412. The molecule has 2 rings (SSSR count). The van der Waals surface area contributed by atoms with Crippen LogP contribution in [0.15, 0.2) is 36.7 Å². The minimum absolute atomic E-state index is 0.426. The summed E-state index contributed by atoms with van der Waals surface area (Å²) >= 11 is 0. The lowest BCUT2D eigenvalue weighted by molar-refractivity contribution is 0.315. The van der Waals surface area contributed by atoms with Crippen LogP contribution in [0.25, 0.3) is 0 Å². The van der Waals surface area contributed by atoms with E-state index in [1.807, 2.05) is 31.3 Å². The second-order valence-electron chi connectivity index (χ2n) is 5.39. The van der Waals surface area contributed by atoms with Crippen molar-refractivity contribution in [2.24, 2.45) is 0 Å². The Kier molecular flexibility index (Phi) is 5.69. The highest BCUT2D eigenvalue weighted by Gasteiger charge is 2.07. The van der Waals surface area contributed by atoms with Gasteiger partial charge in [-0.1, -0.05) is 19.9 Å². The summed E-state index contributed by atoms with van der Waals surface area (Å²) < 4.78 is 5.90. The van der Waals surface area contributed by atoms with E-state index in [9.17, 15) is 0 Å². The van der Waals surface area contributed by atoms with Crippen molar-refractivity contribution in [2.75, 3.05) is 6.61 Å². The van der Waals surface area contributed by atoms with Gasteiger partial charge in [0, 0.05) is 37.1 Å². The van der Waals surface area contributed by atoms with Crippen molar-refractivity contribution in [3.63, 3.8) is 0 Å². The fourth-order valence-electron chi connectivity index (χ4n) is 1.98. The number of aromatic nitrogens is 2. The summed E-state index contributed by atoms with van der Waals surface area (Å²) in [6, 6.07) is 8.42. The quantitative estimate of drug-likeness (QED) is 0.849. The molecule has 1 N–H and O–H groups in total. The SMILES string of the molecule is Cc1ccc(OCCc2cccnc2)c(CNC(C)C)n1. The van der Waals surface area contributed by atoms with Gasteiger partial charge < -0.3 is 10.1 Å². The highest BCUT2D eigenvalue weighted by Crippen LogP contribution is 2.17. The van der Waals surface area contributed by atoms with Gasteiger partial charge in [0.25, 0.3) is 0 Å². The molecule has 2 aromatic rings. The second-order valence-corrected chi connectivity index (χ2v) is 5.39. The van der Waals surface area contributed by atoms with E-state index in [-0.39, 0.29) is 0 Å². The van der Waals surface area contributed by atoms with Crippen LogP contribution >= 0.6 is 0 Å². The Morgan fingerprint density at radius 2 is 2.10 bits per heavy atom. The molecule has 21 heavy (non-hydrogen) atoms. The molecule has 0 aliphatic carbocycles. The summed E-state index contributed by atoms with van der Waals surface area (Å²) in [7, 11) is 0. The molecule has 0 atom stereocenters. The van der Waals surface area contributed by atoms with Gasteiger partial charge in [-0.05, 0) is 30.7 Å². The van der Waals surface area contributed by atoms with Gasteiger partial charge in [0.2, 0.25) is 0 Å². The van der Waals surface area contributed by atoms with E-state index in [2.05, 4.69) is 35.2 Å². The van der Waals surface area contributed by atoms with Gasteiger partial charge in [0.15, 0.2) is 0 Å². The molecule has 2 aromatic heterocycles. The van der Waals surface area contributed by atoms with Crippen LogP contribution in [-0.4, -0.2) is 22.6 Å². The normalized spacial score (nSPS) is 10.9. The number of hydrogen-bond acceptors (Lipinski definition) is 4. The molecule has 0 aliphatic rings. The lowest BCUT2D eigenvalue weighted by Crippen LogP contribution is -2.23.